The van der Waals surface area contributed by atoms with Gasteiger partial charge in [-0.15, -0.1) is 0 Å². The predicted molar refractivity (Wildman–Crippen MR) is 145 cm³/mol. The molecule has 0 aliphatic heterocycles. The molecule has 0 fully saturated rings. The lowest BCUT2D eigenvalue weighted by atomic mass is 10.1. The van der Waals surface area contributed by atoms with Crippen LogP contribution in [0.15, 0.2) is 55.1 Å². The van der Waals surface area contributed by atoms with Crippen molar-refractivity contribution in [1.82, 2.24) is 29.6 Å². The summed E-state index contributed by atoms with van der Waals surface area (Å²) < 4.78 is 7.37. The van der Waals surface area contributed by atoms with E-state index >= 15 is 0 Å². The standard InChI is InChI=1S/C27H32N8O2/c1-7-23(36)20-15-29-25(32-24-12-11-18(14-28-24)17(2)34(3)4)13-22(20)31-21-10-8-9-19(26(21)37-6)27-30-16-35(5)33-27/h8-17H,7H2,1-6H3,(H2,28,29,31,32). The van der Waals surface area contributed by atoms with E-state index in [1.54, 1.807) is 30.4 Å². The van der Waals surface area contributed by atoms with Gasteiger partial charge in [-0.25, -0.2) is 15.0 Å². The Kier molecular flexibility index (Phi) is 7.78. The van der Waals surface area contributed by atoms with Crippen molar-refractivity contribution in [2.75, 3.05) is 31.8 Å². The van der Waals surface area contributed by atoms with E-state index in [0.29, 0.717) is 46.6 Å². The first-order chi connectivity index (χ1) is 17.8. The molecular formula is C27H32N8O2. The summed E-state index contributed by atoms with van der Waals surface area (Å²) in [6.45, 7) is 3.95. The number of pyridine rings is 2. The van der Waals surface area contributed by atoms with Crippen molar-refractivity contribution in [2.45, 2.75) is 26.3 Å². The van der Waals surface area contributed by atoms with Gasteiger partial charge in [-0.05, 0) is 44.8 Å². The Labute approximate surface area is 216 Å². The SMILES string of the molecule is CCC(=O)c1cnc(Nc2ccc(C(C)N(C)C)cn2)cc1Nc1cccc(-c2ncn(C)n2)c1OC. The van der Waals surface area contributed by atoms with Gasteiger partial charge in [-0.2, -0.15) is 5.10 Å². The summed E-state index contributed by atoms with van der Waals surface area (Å²) >= 11 is 0. The first kappa shape index (κ1) is 25.8. The molecule has 0 aliphatic carbocycles. The Morgan fingerprint density at radius 2 is 1.84 bits per heavy atom. The average Bonchev–Trinajstić information content (AvgIpc) is 3.34. The number of ketones is 1. The largest absolute Gasteiger partial charge is 0.494 e. The highest BCUT2D eigenvalue weighted by atomic mass is 16.5. The van der Waals surface area contributed by atoms with Crippen LogP contribution in [-0.2, 0) is 7.05 Å². The minimum absolute atomic E-state index is 0.0248. The fourth-order valence-corrected chi connectivity index (χ4v) is 3.83. The molecule has 1 unspecified atom stereocenters. The second-order valence-electron chi connectivity index (χ2n) is 8.89. The molecule has 0 amide bonds. The first-order valence-corrected chi connectivity index (χ1v) is 12.0. The highest BCUT2D eigenvalue weighted by molar-refractivity contribution is 6.02. The van der Waals surface area contributed by atoms with E-state index in [-0.39, 0.29) is 11.8 Å². The van der Waals surface area contributed by atoms with Crippen LogP contribution in [0.3, 0.4) is 0 Å². The van der Waals surface area contributed by atoms with Crippen LogP contribution in [0.25, 0.3) is 11.4 Å². The monoisotopic (exact) mass is 500 g/mol. The van der Waals surface area contributed by atoms with Gasteiger partial charge in [0.25, 0.3) is 0 Å². The third kappa shape index (κ3) is 5.75. The van der Waals surface area contributed by atoms with E-state index in [1.807, 2.05) is 64.6 Å². The maximum atomic E-state index is 12.7. The molecule has 2 N–H and O–H groups in total. The first-order valence-electron chi connectivity index (χ1n) is 12.0. The molecule has 0 spiro atoms. The summed E-state index contributed by atoms with van der Waals surface area (Å²) in [7, 11) is 7.47. The van der Waals surface area contributed by atoms with Gasteiger partial charge in [-0.1, -0.05) is 19.1 Å². The molecule has 0 saturated carbocycles. The fourth-order valence-electron chi connectivity index (χ4n) is 3.83. The fraction of sp³-hybridized carbons (Fsp3) is 0.296. The van der Waals surface area contributed by atoms with Crippen LogP contribution in [-0.4, -0.2) is 56.6 Å². The molecule has 4 rings (SSSR count). The second-order valence-corrected chi connectivity index (χ2v) is 8.89. The van der Waals surface area contributed by atoms with Crippen LogP contribution >= 0.6 is 0 Å². The lowest BCUT2D eigenvalue weighted by Gasteiger charge is -2.20. The quantitative estimate of drug-likeness (QED) is 0.291. The number of hydrogen-bond acceptors (Lipinski definition) is 9. The zero-order valence-corrected chi connectivity index (χ0v) is 22.0. The number of para-hydroxylation sites is 1. The van der Waals surface area contributed by atoms with E-state index in [1.165, 1.54) is 0 Å². The van der Waals surface area contributed by atoms with Gasteiger partial charge in [0, 0.05) is 38.0 Å². The zero-order valence-electron chi connectivity index (χ0n) is 22.0. The highest BCUT2D eigenvalue weighted by Crippen LogP contribution is 2.37. The van der Waals surface area contributed by atoms with Gasteiger partial charge in [0.2, 0.25) is 0 Å². The number of nitrogens with zero attached hydrogens (tertiary/aromatic N) is 6. The van der Waals surface area contributed by atoms with Crippen molar-refractivity contribution in [3.05, 3.63) is 66.2 Å². The Morgan fingerprint density at radius 3 is 2.46 bits per heavy atom. The third-order valence-electron chi connectivity index (χ3n) is 6.15. The normalized spacial score (nSPS) is 11.9. The van der Waals surface area contributed by atoms with E-state index in [0.717, 1.165) is 11.1 Å². The lowest BCUT2D eigenvalue weighted by molar-refractivity contribution is 0.0988. The van der Waals surface area contributed by atoms with E-state index in [2.05, 4.69) is 42.5 Å². The minimum atomic E-state index is -0.0248. The molecule has 0 aliphatic rings. The number of carbonyl (C=O) groups is 1. The van der Waals surface area contributed by atoms with Crippen LogP contribution in [0.4, 0.5) is 23.0 Å². The van der Waals surface area contributed by atoms with Crippen molar-refractivity contribution in [3.63, 3.8) is 0 Å². The van der Waals surface area contributed by atoms with Gasteiger partial charge < -0.3 is 20.3 Å². The maximum Gasteiger partial charge on any atom is 0.184 e. The minimum Gasteiger partial charge on any atom is -0.494 e. The Bertz CT molecular complexity index is 1380. The van der Waals surface area contributed by atoms with Gasteiger partial charge in [-0.3, -0.25) is 9.48 Å². The summed E-state index contributed by atoms with van der Waals surface area (Å²) in [6.07, 6.45) is 5.42. The van der Waals surface area contributed by atoms with Gasteiger partial charge in [0.15, 0.2) is 17.4 Å². The van der Waals surface area contributed by atoms with E-state index in [4.69, 9.17) is 4.74 Å². The van der Waals surface area contributed by atoms with Crippen molar-refractivity contribution in [3.8, 4) is 17.1 Å². The molecule has 10 nitrogen and oxygen atoms in total. The average molecular weight is 501 g/mol. The Hall–Kier alpha value is -4.31. The predicted octanol–water partition coefficient (Wildman–Crippen LogP) is 4.98. The molecule has 10 heteroatoms. The summed E-state index contributed by atoms with van der Waals surface area (Å²) in [5, 5.41) is 11.0. The number of Topliss-reactive ketones (excluding diaryl/α,β-unsaturated/α-hetero) is 1. The Morgan fingerprint density at radius 1 is 1.05 bits per heavy atom. The topological polar surface area (TPSA) is 110 Å². The summed E-state index contributed by atoms with van der Waals surface area (Å²) in [6, 6.07) is 11.7. The van der Waals surface area contributed by atoms with Gasteiger partial charge >= 0.3 is 0 Å². The molecule has 0 bridgehead atoms. The molecule has 4 aromatic rings. The molecule has 3 aromatic heterocycles. The van der Waals surface area contributed by atoms with Crippen molar-refractivity contribution in [1.29, 1.82) is 0 Å². The molecule has 1 aromatic carbocycles. The van der Waals surface area contributed by atoms with Crippen LogP contribution in [0.5, 0.6) is 5.75 Å². The highest BCUT2D eigenvalue weighted by Gasteiger charge is 2.18. The van der Waals surface area contributed by atoms with E-state index in [9.17, 15) is 4.79 Å². The Balaban J connectivity index is 1.66. The third-order valence-corrected chi connectivity index (χ3v) is 6.15. The molecule has 192 valence electrons. The lowest BCUT2D eigenvalue weighted by Crippen LogP contribution is -2.16. The van der Waals surface area contributed by atoms with Crippen LogP contribution in [0.1, 0.15) is 42.2 Å². The molecule has 3 heterocycles. The maximum absolute atomic E-state index is 12.7. The van der Waals surface area contributed by atoms with Crippen molar-refractivity contribution >= 4 is 28.8 Å². The summed E-state index contributed by atoms with van der Waals surface area (Å²) in [4.78, 5) is 28.2. The number of hydrogen-bond donors (Lipinski definition) is 2. The van der Waals surface area contributed by atoms with Crippen LogP contribution in [0.2, 0.25) is 0 Å². The number of nitrogens with one attached hydrogen (secondary N) is 2. The van der Waals surface area contributed by atoms with Crippen molar-refractivity contribution in [2.24, 2.45) is 7.05 Å². The zero-order chi connectivity index (χ0) is 26.5. The van der Waals surface area contributed by atoms with Crippen LogP contribution < -0.4 is 15.4 Å². The molecule has 1 atom stereocenters. The number of aryl methyl sites for hydroxylation is 1. The number of methoxy groups -OCH3 is 1. The number of rotatable bonds is 10. The molecule has 0 saturated heterocycles. The van der Waals surface area contributed by atoms with E-state index < -0.39 is 0 Å². The van der Waals surface area contributed by atoms with Gasteiger partial charge in [0.05, 0.1) is 29.6 Å². The van der Waals surface area contributed by atoms with Crippen molar-refractivity contribution < 1.29 is 9.53 Å². The second kappa shape index (κ2) is 11.2. The number of anilines is 4. The summed E-state index contributed by atoms with van der Waals surface area (Å²) in [5.74, 6) is 2.30. The number of ether oxygens (including phenoxy) is 1. The number of carbonyl (C=O) groups excluding carboxylic acids is 1. The molecule has 37 heavy (non-hydrogen) atoms. The number of benzene rings is 1. The molecular weight excluding hydrogens is 468 g/mol. The smallest absolute Gasteiger partial charge is 0.184 e. The number of aromatic nitrogens is 5. The summed E-state index contributed by atoms with van der Waals surface area (Å²) in [5.41, 5.74) is 3.62. The molecule has 0 radical (unpaired) electrons. The van der Waals surface area contributed by atoms with Crippen LogP contribution in [0, 0.1) is 0 Å². The van der Waals surface area contributed by atoms with Gasteiger partial charge in [0.1, 0.15) is 18.0 Å².